The number of primary amides is 1. The first-order valence-corrected chi connectivity index (χ1v) is 38.7. The number of nitrogens with two attached hydrogens (primary N) is 1. The second-order valence-corrected chi connectivity index (χ2v) is 31.2. The van der Waals surface area contributed by atoms with Gasteiger partial charge in [0.1, 0.15) is 84.0 Å². The number of carbonyl (C=O) groups excluding carboxylic acids is 14. The highest BCUT2D eigenvalue weighted by Crippen LogP contribution is 2.29. The number of benzene rings is 2. The van der Waals surface area contributed by atoms with Crippen LogP contribution in [-0.4, -0.2) is 267 Å². The van der Waals surface area contributed by atoms with Crippen LogP contribution in [0.25, 0.3) is 0 Å². The number of nitrogens with zero attached hydrogens (tertiary/aromatic N) is 1. The number of phenols is 2. The molecule has 21 N–H and O–H groups in total. The maximum absolute atomic E-state index is 15.1. The Kier molecular flexibility index (Phi) is 31.8. The van der Waals surface area contributed by atoms with Crippen LogP contribution in [0.15, 0.2) is 48.5 Å². The Labute approximate surface area is 604 Å². The van der Waals surface area contributed by atoms with Crippen molar-refractivity contribution in [2.24, 2.45) is 5.73 Å². The molecule has 2 aromatic carbocycles. The Morgan fingerprint density at radius 3 is 1.67 bits per heavy atom. The number of carbonyl (C=O) groups is 16. The summed E-state index contributed by atoms with van der Waals surface area (Å²) in [5, 5.41) is 102. The number of hydrogen-bond donors (Lipinski definition) is 20. The highest BCUT2D eigenvalue weighted by molar-refractivity contribution is 8.77. The molecular weight excluding hydrogens is 1470 g/mol. The number of rotatable bonds is 13. The molecule has 0 radical (unpaired) electrons. The summed E-state index contributed by atoms with van der Waals surface area (Å²) in [6.07, 6.45) is -5.07. The first-order chi connectivity index (χ1) is 48.2. The van der Waals surface area contributed by atoms with Crippen LogP contribution in [0.1, 0.15) is 57.1 Å². The van der Waals surface area contributed by atoms with Crippen LogP contribution in [0.4, 0.5) is 0 Å². The van der Waals surface area contributed by atoms with E-state index >= 15 is 9.59 Å². The number of fused-ring (bicyclic) bond motifs is 20. The second-order valence-electron chi connectivity index (χ2n) is 23.6. The van der Waals surface area contributed by atoms with E-state index in [9.17, 15) is 103 Å². The summed E-state index contributed by atoms with van der Waals surface area (Å²) in [4.78, 5) is 226. The molecule has 0 aromatic heterocycles. The molecule has 0 saturated carbocycles. The Bertz CT molecular complexity index is 3460. The van der Waals surface area contributed by atoms with Crippen molar-refractivity contribution in [2.75, 3.05) is 47.6 Å². The molecule has 13 atom stereocenters. The van der Waals surface area contributed by atoms with Crippen molar-refractivity contribution >= 4 is 159 Å². The van der Waals surface area contributed by atoms with E-state index in [-0.39, 0.29) is 42.9 Å². The average Bonchev–Trinajstić information content (AvgIpc) is 1.57. The number of aliphatic hydroxyl groups excluding tert-OH is 1. The molecule has 558 valence electrons. The van der Waals surface area contributed by atoms with Crippen LogP contribution in [0.3, 0.4) is 0 Å². The van der Waals surface area contributed by atoms with Gasteiger partial charge in [0.25, 0.3) is 11.7 Å². The minimum absolute atomic E-state index is 0.0420. The highest BCUT2D eigenvalue weighted by Gasteiger charge is 2.43. The molecule has 0 aliphatic carbocycles. The molecule has 0 unspecified atom stereocenters. The maximum Gasteiger partial charge on any atom is 0.326 e. The number of hydrogen-bond acceptors (Lipinski definition) is 27. The lowest BCUT2D eigenvalue weighted by molar-refractivity contribution is -0.177. The van der Waals surface area contributed by atoms with Gasteiger partial charge in [-0.2, -0.15) is 0 Å². The molecule has 4 bridgehead atoms. The van der Waals surface area contributed by atoms with E-state index in [4.69, 9.17) is 5.73 Å². The number of carboxylic acids is 2. The lowest BCUT2D eigenvalue weighted by Crippen LogP contribution is -2.62. The molecule has 0 spiro atoms. The zero-order valence-electron chi connectivity index (χ0n) is 54.4. The van der Waals surface area contributed by atoms with Gasteiger partial charge in [-0.3, -0.25) is 71.9 Å². The molecule has 37 nitrogen and oxygen atoms in total. The van der Waals surface area contributed by atoms with Crippen molar-refractivity contribution in [2.45, 2.75) is 143 Å². The Morgan fingerprint density at radius 1 is 0.598 bits per heavy atom. The topological polar surface area (TPSA) is 588 Å². The summed E-state index contributed by atoms with van der Waals surface area (Å²) in [6.45, 7) is 1.06. The van der Waals surface area contributed by atoms with Crippen molar-refractivity contribution in [3.05, 3.63) is 59.7 Å². The van der Waals surface area contributed by atoms with Gasteiger partial charge in [-0.1, -0.05) is 89.0 Å². The zero-order valence-corrected chi connectivity index (χ0v) is 59.3. The maximum atomic E-state index is 15.1. The van der Waals surface area contributed by atoms with Crippen molar-refractivity contribution in [1.82, 2.24) is 68.7 Å². The number of amides is 14. The molecule has 6 rings (SSSR count). The summed E-state index contributed by atoms with van der Waals surface area (Å²) >= 11 is 0. The van der Waals surface area contributed by atoms with Crippen LogP contribution in [-0.2, 0) is 89.6 Å². The molecule has 4 fully saturated rings. The standard InChI is InChI=1S/C59H78N14O23S6/c1-26-46(81)68-39-22-99-100-24-40-52(87)64-32(13-14-44(79)80)47(82)65-33(16-28-5-9-30(75)10-6-28)48(83)69-37(51(86)70-38(23-101-102-25-59(95,96)58(94)71-40)50(85)66-34(18-42(60)77)56(91)73-15-3-4-41(73)54(89)62-26)21-98-97-20-36(63-43(78)19-61-55(90)45(27(2)74)72-53(39)88)49(84)67-35(57(92)93)17-29-7-11-31(76)12-8-29/h5-12,26-27,32-41,45,74-76,95-96H,3-4,13-25H2,1-2H3,(H2,60,77)(H,61,90)(H,62,89)(H,63,78)(H,64,87)(H,65,82)(H,66,85)(H,67,84)(H,68,81)(H,69,83)(H,70,86)(H,71,94)(H,72,88)(H,79,80)(H,92,93)/t26-,27+,32-,33-,34-,35-,36-,37-,38-,39-,40-,41-,45-/m0/s1. The summed E-state index contributed by atoms with van der Waals surface area (Å²) in [5.74, 6) is -27.9. The van der Waals surface area contributed by atoms with Gasteiger partial charge in [0.2, 0.25) is 76.8 Å². The van der Waals surface area contributed by atoms with Crippen LogP contribution in [0, 0.1) is 0 Å². The molecule has 4 saturated heterocycles. The molecule has 102 heavy (non-hydrogen) atoms. The van der Waals surface area contributed by atoms with E-state index in [1.54, 1.807) is 0 Å². The normalized spacial score (nSPS) is 27.0. The number of aromatic hydroxyl groups is 2. The van der Waals surface area contributed by atoms with Gasteiger partial charge in [-0.05, 0) is 68.5 Å². The third kappa shape index (κ3) is 25.5. The van der Waals surface area contributed by atoms with Crippen LogP contribution < -0.4 is 69.5 Å². The summed E-state index contributed by atoms with van der Waals surface area (Å²) in [7, 11) is 3.82. The predicted molar refractivity (Wildman–Crippen MR) is 370 cm³/mol. The minimum Gasteiger partial charge on any atom is -0.508 e. The molecule has 4 aliphatic heterocycles. The SMILES string of the molecule is C[C@@H]1NC(=O)[C@@H]2CCCN2C(=O)[C@H](CC(N)=O)NC(=O)[C@@H]2CSSCC(O)(O)C(=O)N[C@H]3CSSC[C@H](NC1=O)C(=O)N[C@@H]([C@@H](C)O)C(=O)NCC(=O)N[C@H](C(=O)N[C@@H](Cc1ccc(O)cc1)C(=O)O)CSSC[C@H](NC(=O)[C@H](Cc1ccc(O)cc1)NC(=O)[C@H](CCC(=O)O)NC3=O)C(=O)N2. The van der Waals surface area contributed by atoms with Gasteiger partial charge in [-0.25, -0.2) is 4.79 Å². The number of aliphatic carboxylic acids is 2. The van der Waals surface area contributed by atoms with Crippen LogP contribution in [0.2, 0.25) is 0 Å². The molecule has 2 aromatic rings. The largest absolute Gasteiger partial charge is 0.508 e. The Hall–Kier alpha value is -8.46. The van der Waals surface area contributed by atoms with Crippen LogP contribution >= 0.6 is 64.8 Å². The van der Waals surface area contributed by atoms with Crippen molar-refractivity contribution < 1.29 is 112 Å². The van der Waals surface area contributed by atoms with Crippen molar-refractivity contribution in [1.29, 1.82) is 0 Å². The van der Waals surface area contributed by atoms with E-state index in [1.165, 1.54) is 55.5 Å². The van der Waals surface area contributed by atoms with E-state index in [2.05, 4.69) is 63.8 Å². The van der Waals surface area contributed by atoms with E-state index < -0.39 is 246 Å². The van der Waals surface area contributed by atoms with E-state index in [0.29, 0.717) is 70.3 Å². The summed E-state index contributed by atoms with van der Waals surface area (Å²) in [6, 6.07) is -11.3. The highest BCUT2D eigenvalue weighted by atomic mass is 33.1. The van der Waals surface area contributed by atoms with Gasteiger partial charge in [0.05, 0.1) is 24.8 Å². The Morgan fingerprint density at radius 2 is 1.10 bits per heavy atom. The van der Waals surface area contributed by atoms with Gasteiger partial charge in [-0.15, -0.1) is 0 Å². The second kappa shape index (κ2) is 39.3. The third-order valence-corrected chi connectivity index (χ3v) is 22.9. The molecule has 43 heteroatoms. The third-order valence-electron chi connectivity index (χ3n) is 15.6. The summed E-state index contributed by atoms with van der Waals surface area (Å²) in [5.41, 5.74) is 6.17. The zero-order chi connectivity index (χ0) is 75.1. The fourth-order valence-electron chi connectivity index (χ4n) is 10.0. The predicted octanol–water partition coefficient (Wildman–Crippen LogP) is -6.59. The first kappa shape index (κ1) is 82.5. The monoisotopic (exact) mass is 1540 g/mol. The number of aliphatic hydroxyl groups is 3. The lowest BCUT2D eigenvalue weighted by Gasteiger charge is -2.30. The summed E-state index contributed by atoms with van der Waals surface area (Å²) < 4.78 is 0. The van der Waals surface area contributed by atoms with Gasteiger partial charge < -0.3 is 110 Å². The fourth-order valence-corrected chi connectivity index (χ4v) is 17.0. The first-order valence-electron chi connectivity index (χ1n) is 31.3. The quantitative estimate of drug-likeness (QED) is 0.0504. The van der Waals surface area contributed by atoms with Gasteiger partial charge in [0, 0.05) is 54.6 Å². The molecular formula is C59H78N14O23S6. The van der Waals surface area contributed by atoms with Crippen molar-refractivity contribution in [3.63, 3.8) is 0 Å². The van der Waals surface area contributed by atoms with Crippen molar-refractivity contribution in [3.8, 4) is 11.5 Å². The average molecular weight is 1540 g/mol. The number of phenolic OH excluding ortho intramolecular Hbond substituents is 2. The minimum atomic E-state index is -3.43. The molecule has 4 heterocycles. The number of carboxylic acid groups (broad SMARTS) is 2. The molecule has 4 aliphatic rings. The smallest absolute Gasteiger partial charge is 0.326 e. The number of nitrogens with one attached hydrogen (secondary N) is 12. The van der Waals surface area contributed by atoms with E-state index in [1.807, 2.05) is 0 Å². The molecule has 14 amide bonds. The van der Waals surface area contributed by atoms with E-state index in [0.717, 1.165) is 11.8 Å². The van der Waals surface area contributed by atoms with Crippen LogP contribution in [0.5, 0.6) is 11.5 Å². The fraction of sp³-hybridized carbons (Fsp3) is 0.525. The Balaban J connectivity index is 1.57. The van der Waals surface area contributed by atoms with Gasteiger partial charge >= 0.3 is 11.9 Å². The van der Waals surface area contributed by atoms with Gasteiger partial charge in [0.15, 0.2) is 0 Å². The lowest BCUT2D eigenvalue weighted by atomic mass is 10.0.